The molecule has 2 aromatic rings. The summed E-state index contributed by atoms with van der Waals surface area (Å²) in [5, 5.41) is 1.79. The van der Waals surface area contributed by atoms with Crippen molar-refractivity contribution in [1.29, 1.82) is 0 Å². The summed E-state index contributed by atoms with van der Waals surface area (Å²) in [5.41, 5.74) is 2.08. The van der Waals surface area contributed by atoms with Gasteiger partial charge in [0.25, 0.3) is 5.56 Å². The minimum Gasteiger partial charge on any atom is -0.268 e. The van der Waals surface area contributed by atoms with E-state index < -0.39 is 0 Å². The predicted octanol–water partition coefficient (Wildman–Crippen LogP) is 2.97. The molecule has 0 aliphatic carbocycles. The van der Waals surface area contributed by atoms with E-state index in [1.165, 1.54) is 17.1 Å². The molecule has 0 aliphatic heterocycles. The number of rotatable bonds is 1. The highest BCUT2D eigenvalue weighted by Gasteiger charge is 2.04. The normalized spacial score (nSPS) is 10.4. The third-order valence-corrected chi connectivity index (χ3v) is 3.38. The van der Waals surface area contributed by atoms with Gasteiger partial charge in [0.05, 0.1) is 5.69 Å². The van der Waals surface area contributed by atoms with E-state index in [1.54, 1.807) is 15.4 Å². The topological polar surface area (TPSA) is 22.0 Å². The lowest BCUT2D eigenvalue weighted by Crippen LogP contribution is -2.09. The number of halogens is 1. The van der Waals surface area contributed by atoms with Crippen molar-refractivity contribution in [2.24, 2.45) is 0 Å². The third-order valence-electron chi connectivity index (χ3n) is 1.90. The molecule has 0 spiro atoms. The van der Waals surface area contributed by atoms with E-state index >= 15 is 0 Å². The monoisotopic (exact) mass is 269 g/mol. The fraction of sp³-hybridized carbons (Fsp3) is 0.100. The van der Waals surface area contributed by atoms with E-state index in [1.807, 2.05) is 25.1 Å². The van der Waals surface area contributed by atoms with Crippen LogP contribution in [-0.2, 0) is 0 Å². The van der Waals surface area contributed by atoms with Crippen LogP contribution < -0.4 is 5.56 Å². The number of hydrogen-bond donors (Lipinski definition) is 0. The first-order chi connectivity index (χ1) is 6.68. The molecule has 0 N–H and O–H groups in total. The summed E-state index contributed by atoms with van der Waals surface area (Å²) < 4.78 is 2.60. The van der Waals surface area contributed by atoms with Gasteiger partial charge in [0.15, 0.2) is 0 Å². The Balaban J connectivity index is 2.63. The van der Waals surface area contributed by atoms with Gasteiger partial charge in [0, 0.05) is 15.9 Å². The fourth-order valence-electron chi connectivity index (χ4n) is 1.22. The molecule has 0 fully saturated rings. The Morgan fingerprint density at radius 2 is 2.14 bits per heavy atom. The summed E-state index contributed by atoms with van der Waals surface area (Å²) in [5.74, 6) is 0. The quantitative estimate of drug-likeness (QED) is 0.780. The molecule has 2 nitrogen and oxygen atoms in total. The van der Waals surface area contributed by atoms with Gasteiger partial charge >= 0.3 is 0 Å². The number of hydrogen-bond acceptors (Lipinski definition) is 2. The number of aryl methyl sites for hydroxylation is 1. The highest BCUT2D eigenvalue weighted by molar-refractivity contribution is 9.10. The van der Waals surface area contributed by atoms with Crippen LogP contribution in [-0.4, -0.2) is 3.96 Å². The maximum absolute atomic E-state index is 11.4. The molecule has 0 bridgehead atoms. The second-order valence-electron chi connectivity index (χ2n) is 3.00. The molecule has 0 atom stereocenters. The Labute approximate surface area is 94.1 Å². The molecule has 1 heterocycles. The minimum absolute atomic E-state index is 0.0135. The van der Waals surface area contributed by atoms with Gasteiger partial charge in [-0.15, -0.1) is 0 Å². The highest BCUT2D eigenvalue weighted by Crippen LogP contribution is 2.22. The van der Waals surface area contributed by atoms with Gasteiger partial charge in [-0.3, -0.25) is 4.79 Å². The largest absolute Gasteiger partial charge is 0.268 e. The van der Waals surface area contributed by atoms with Crippen molar-refractivity contribution in [2.45, 2.75) is 6.92 Å². The van der Waals surface area contributed by atoms with Crippen molar-refractivity contribution >= 4 is 27.5 Å². The Morgan fingerprint density at radius 1 is 1.36 bits per heavy atom. The predicted molar refractivity (Wildman–Crippen MR) is 62.4 cm³/mol. The van der Waals surface area contributed by atoms with E-state index in [-0.39, 0.29) is 5.56 Å². The van der Waals surface area contributed by atoms with Crippen LogP contribution in [0.5, 0.6) is 0 Å². The first-order valence-corrected chi connectivity index (χ1v) is 5.75. The SMILES string of the molecule is Cc1ccc(-n2sccc2=O)c(Br)c1. The Hall–Kier alpha value is -0.870. The lowest BCUT2D eigenvalue weighted by Gasteiger charge is -2.04. The molecule has 4 heteroatoms. The van der Waals surface area contributed by atoms with Gasteiger partial charge in [-0.1, -0.05) is 17.6 Å². The number of nitrogens with zero attached hydrogens (tertiary/aromatic N) is 1. The zero-order valence-corrected chi connectivity index (χ0v) is 9.93. The first kappa shape index (κ1) is 9.68. The second kappa shape index (κ2) is 3.71. The molecule has 0 amide bonds. The smallest absolute Gasteiger partial charge is 0.265 e. The Morgan fingerprint density at radius 3 is 2.71 bits per heavy atom. The van der Waals surface area contributed by atoms with Crippen LogP contribution in [0, 0.1) is 6.92 Å². The van der Waals surface area contributed by atoms with Crippen molar-refractivity contribution < 1.29 is 0 Å². The van der Waals surface area contributed by atoms with E-state index in [2.05, 4.69) is 15.9 Å². The Kier molecular flexibility index (Phi) is 2.56. The van der Waals surface area contributed by atoms with Crippen LogP contribution >= 0.6 is 27.5 Å². The van der Waals surface area contributed by atoms with Crippen molar-refractivity contribution in [3.8, 4) is 5.69 Å². The van der Waals surface area contributed by atoms with Crippen molar-refractivity contribution in [3.05, 3.63) is 50.0 Å². The molecule has 1 aromatic carbocycles. The van der Waals surface area contributed by atoms with Gasteiger partial charge in [-0.05, 0) is 40.5 Å². The highest BCUT2D eigenvalue weighted by atomic mass is 79.9. The summed E-state index contributed by atoms with van der Waals surface area (Å²) in [6, 6.07) is 7.50. The zero-order chi connectivity index (χ0) is 10.1. The summed E-state index contributed by atoms with van der Waals surface area (Å²) >= 11 is 4.85. The van der Waals surface area contributed by atoms with Crippen molar-refractivity contribution in [3.63, 3.8) is 0 Å². The molecular formula is C10H8BrNOS. The molecule has 72 valence electrons. The van der Waals surface area contributed by atoms with Gasteiger partial charge in [0.2, 0.25) is 0 Å². The molecular weight excluding hydrogens is 262 g/mol. The maximum Gasteiger partial charge on any atom is 0.265 e. The lowest BCUT2D eigenvalue weighted by atomic mass is 10.2. The molecule has 0 saturated heterocycles. The maximum atomic E-state index is 11.4. The first-order valence-electron chi connectivity index (χ1n) is 4.12. The molecule has 2 rings (SSSR count). The molecule has 0 unspecified atom stereocenters. The van der Waals surface area contributed by atoms with Crippen molar-refractivity contribution in [1.82, 2.24) is 3.96 Å². The summed E-state index contributed by atoms with van der Waals surface area (Å²) in [6.45, 7) is 2.02. The second-order valence-corrected chi connectivity index (χ2v) is 4.70. The molecule has 1 aromatic heterocycles. The van der Waals surface area contributed by atoms with Crippen LogP contribution in [0.3, 0.4) is 0 Å². The van der Waals surface area contributed by atoms with Gasteiger partial charge < -0.3 is 0 Å². The van der Waals surface area contributed by atoms with Crippen LogP contribution in [0.25, 0.3) is 5.69 Å². The summed E-state index contributed by atoms with van der Waals surface area (Å²) in [4.78, 5) is 11.4. The zero-order valence-electron chi connectivity index (χ0n) is 7.53. The fourth-order valence-corrected chi connectivity index (χ4v) is 2.75. The Bertz CT molecular complexity index is 515. The minimum atomic E-state index is 0.0135. The molecule has 0 saturated carbocycles. The average Bonchev–Trinajstić information content (AvgIpc) is 2.52. The van der Waals surface area contributed by atoms with Crippen LogP contribution in [0.4, 0.5) is 0 Å². The molecule has 0 aliphatic rings. The van der Waals surface area contributed by atoms with Crippen LogP contribution in [0.15, 0.2) is 38.9 Å². The van der Waals surface area contributed by atoms with E-state index in [9.17, 15) is 4.79 Å². The van der Waals surface area contributed by atoms with E-state index in [4.69, 9.17) is 0 Å². The number of benzene rings is 1. The van der Waals surface area contributed by atoms with Crippen LogP contribution in [0.2, 0.25) is 0 Å². The van der Waals surface area contributed by atoms with Gasteiger partial charge in [-0.2, -0.15) is 0 Å². The van der Waals surface area contributed by atoms with E-state index in [0.29, 0.717) is 0 Å². The average molecular weight is 270 g/mol. The summed E-state index contributed by atoms with van der Waals surface area (Å²) in [6.07, 6.45) is 0. The van der Waals surface area contributed by atoms with Crippen LogP contribution in [0.1, 0.15) is 5.56 Å². The number of aromatic nitrogens is 1. The molecule has 0 radical (unpaired) electrons. The lowest BCUT2D eigenvalue weighted by molar-refractivity contribution is 1.12. The molecule has 14 heavy (non-hydrogen) atoms. The summed E-state index contributed by atoms with van der Waals surface area (Å²) in [7, 11) is 0. The van der Waals surface area contributed by atoms with E-state index in [0.717, 1.165) is 10.2 Å². The van der Waals surface area contributed by atoms with Gasteiger partial charge in [-0.25, -0.2) is 3.96 Å². The third kappa shape index (κ3) is 1.67. The van der Waals surface area contributed by atoms with Gasteiger partial charge in [0.1, 0.15) is 0 Å². The van der Waals surface area contributed by atoms with Crippen molar-refractivity contribution in [2.75, 3.05) is 0 Å². The standard InChI is InChI=1S/C10H8BrNOS/c1-7-2-3-9(8(11)6-7)12-10(13)4-5-14-12/h2-6H,1H3.